The number of halogens is 1. The van der Waals surface area contributed by atoms with Crippen LogP contribution in [0.25, 0.3) is 11.0 Å². The molecule has 1 saturated heterocycles. The van der Waals surface area contributed by atoms with E-state index in [1.54, 1.807) is 12.4 Å². The maximum atomic E-state index is 5.95. The Hall–Kier alpha value is -2.14. The van der Waals surface area contributed by atoms with Gasteiger partial charge in [-0.1, -0.05) is 23.7 Å². The van der Waals surface area contributed by atoms with Gasteiger partial charge in [-0.25, -0.2) is 9.97 Å². The number of imidazole rings is 1. The van der Waals surface area contributed by atoms with Crippen molar-refractivity contribution < 1.29 is 0 Å². The number of benzene rings is 1. The quantitative estimate of drug-likeness (QED) is 0.788. The van der Waals surface area contributed by atoms with Gasteiger partial charge in [0.2, 0.25) is 0 Å². The number of fused-ring (bicyclic) bond motifs is 1. The summed E-state index contributed by atoms with van der Waals surface area (Å²) in [6.07, 6.45) is 5.57. The van der Waals surface area contributed by atoms with Gasteiger partial charge >= 0.3 is 0 Å². The van der Waals surface area contributed by atoms with Crippen LogP contribution in [-0.4, -0.2) is 33.0 Å². The molecule has 0 radical (unpaired) electrons. The number of nitrogens with zero attached hydrogens (tertiary/aromatic N) is 4. The fourth-order valence-corrected chi connectivity index (χ4v) is 3.20. The molecule has 0 spiro atoms. The molecule has 112 valence electrons. The van der Waals surface area contributed by atoms with E-state index in [1.807, 2.05) is 18.2 Å². The lowest BCUT2D eigenvalue weighted by Gasteiger charge is -2.32. The van der Waals surface area contributed by atoms with Crippen molar-refractivity contribution in [2.45, 2.75) is 18.8 Å². The normalized spacial score (nSPS) is 18.8. The van der Waals surface area contributed by atoms with Crippen molar-refractivity contribution in [2.75, 3.05) is 18.0 Å². The Kier molecular flexibility index (Phi) is 3.42. The summed E-state index contributed by atoms with van der Waals surface area (Å²) >= 11 is 5.95. The molecule has 3 aromatic rings. The van der Waals surface area contributed by atoms with Crippen LogP contribution in [0.4, 0.5) is 5.82 Å². The maximum absolute atomic E-state index is 5.95. The smallest absolute Gasteiger partial charge is 0.149 e. The average molecular weight is 314 g/mol. The molecule has 4 rings (SSSR count). The number of rotatable bonds is 2. The molecule has 0 bridgehead atoms. The Morgan fingerprint density at radius 2 is 2.09 bits per heavy atom. The predicted molar refractivity (Wildman–Crippen MR) is 87.3 cm³/mol. The minimum Gasteiger partial charge on any atom is -0.355 e. The van der Waals surface area contributed by atoms with Crippen molar-refractivity contribution in [3.05, 3.63) is 47.6 Å². The van der Waals surface area contributed by atoms with Gasteiger partial charge < -0.3 is 9.88 Å². The summed E-state index contributed by atoms with van der Waals surface area (Å²) in [7, 11) is 0. The topological polar surface area (TPSA) is 57.7 Å². The molecule has 1 N–H and O–H groups in total. The van der Waals surface area contributed by atoms with Crippen molar-refractivity contribution in [2.24, 2.45) is 0 Å². The summed E-state index contributed by atoms with van der Waals surface area (Å²) in [5.74, 6) is 2.27. The van der Waals surface area contributed by atoms with Gasteiger partial charge in [-0.3, -0.25) is 4.98 Å². The van der Waals surface area contributed by atoms with Crippen LogP contribution in [0.15, 0.2) is 36.7 Å². The molecule has 0 aliphatic carbocycles. The highest BCUT2D eigenvalue weighted by atomic mass is 35.5. The van der Waals surface area contributed by atoms with Gasteiger partial charge in [0.25, 0.3) is 0 Å². The molecule has 6 heteroatoms. The van der Waals surface area contributed by atoms with Crippen LogP contribution in [0.1, 0.15) is 24.6 Å². The van der Waals surface area contributed by atoms with E-state index in [0.717, 1.165) is 48.6 Å². The summed E-state index contributed by atoms with van der Waals surface area (Å²) < 4.78 is 0. The van der Waals surface area contributed by atoms with Crippen molar-refractivity contribution in [3.8, 4) is 0 Å². The van der Waals surface area contributed by atoms with E-state index in [4.69, 9.17) is 16.6 Å². The van der Waals surface area contributed by atoms with Crippen LogP contribution in [0.3, 0.4) is 0 Å². The Morgan fingerprint density at radius 1 is 1.18 bits per heavy atom. The fourth-order valence-electron chi connectivity index (χ4n) is 3.06. The molecule has 1 aromatic carbocycles. The molecule has 2 aromatic heterocycles. The number of hydrogen-bond donors (Lipinski definition) is 1. The first-order valence-electron chi connectivity index (χ1n) is 7.47. The summed E-state index contributed by atoms with van der Waals surface area (Å²) in [4.78, 5) is 18.9. The Balaban J connectivity index is 1.60. The second-order valence-corrected chi connectivity index (χ2v) is 6.01. The largest absolute Gasteiger partial charge is 0.355 e. The standard InChI is InChI=1S/C16H16ClN5/c17-14-8-18-9-15(21-14)22-7-3-4-11(10-22)16-19-12-5-1-2-6-13(12)20-16/h1-2,5-6,8-9,11H,3-4,7,10H2,(H,19,20)/t11-/m0/s1. The van der Waals surface area contributed by atoms with Crippen LogP contribution >= 0.6 is 11.6 Å². The maximum Gasteiger partial charge on any atom is 0.149 e. The number of piperidine rings is 1. The zero-order valence-electron chi connectivity index (χ0n) is 12.0. The van der Waals surface area contributed by atoms with Gasteiger partial charge in [0.1, 0.15) is 16.8 Å². The van der Waals surface area contributed by atoms with Crippen LogP contribution in [0.2, 0.25) is 5.15 Å². The number of hydrogen-bond acceptors (Lipinski definition) is 4. The zero-order chi connectivity index (χ0) is 14.9. The summed E-state index contributed by atoms with van der Waals surface area (Å²) in [6, 6.07) is 8.15. The first-order chi connectivity index (χ1) is 10.8. The van der Waals surface area contributed by atoms with Crippen molar-refractivity contribution in [1.82, 2.24) is 19.9 Å². The average Bonchev–Trinajstić information content (AvgIpc) is 2.99. The van der Waals surface area contributed by atoms with Gasteiger partial charge in [0.05, 0.1) is 23.4 Å². The minimum absolute atomic E-state index is 0.377. The number of aromatic nitrogens is 4. The molecule has 1 aliphatic heterocycles. The molecular weight excluding hydrogens is 298 g/mol. The first kappa shape index (κ1) is 13.5. The lowest BCUT2D eigenvalue weighted by atomic mass is 9.97. The SMILES string of the molecule is Clc1cncc(N2CCC[C@H](c3nc4ccccc4[nH]3)C2)n1. The number of anilines is 1. The third-order valence-electron chi connectivity index (χ3n) is 4.13. The van der Waals surface area contributed by atoms with Gasteiger partial charge in [-0.2, -0.15) is 0 Å². The molecule has 1 atom stereocenters. The third-order valence-corrected chi connectivity index (χ3v) is 4.31. The van der Waals surface area contributed by atoms with Crippen LogP contribution in [0, 0.1) is 0 Å². The molecule has 0 unspecified atom stereocenters. The first-order valence-corrected chi connectivity index (χ1v) is 7.84. The highest BCUT2D eigenvalue weighted by Gasteiger charge is 2.24. The van der Waals surface area contributed by atoms with Crippen molar-refractivity contribution in [3.63, 3.8) is 0 Å². The van der Waals surface area contributed by atoms with E-state index in [0.29, 0.717) is 11.1 Å². The number of nitrogens with one attached hydrogen (secondary N) is 1. The van der Waals surface area contributed by atoms with Gasteiger partial charge in [0.15, 0.2) is 0 Å². The second kappa shape index (κ2) is 5.57. The minimum atomic E-state index is 0.377. The lowest BCUT2D eigenvalue weighted by molar-refractivity contribution is 0.492. The summed E-state index contributed by atoms with van der Waals surface area (Å²) in [5.41, 5.74) is 2.12. The Morgan fingerprint density at radius 3 is 2.95 bits per heavy atom. The molecule has 0 saturated carbocycles. The van der Waals surface area contributed by atoms with E-state index in [-0.39, 0.29) is 0 Å². The van der Waals surface area contributed by atoms with Crippen LogP contribution < -0.4 is 4.90 Å². The number of H-pyrrole nitrogens is 1. The molecule has 1 fully saturated rings. The Labute approximate surface area is 133 Å². The Bertz CT molecular complexity index is 767. The van der Waals surface area contributed by atoms with Gasteiger partial charge in [-0.15, -0.1) is 0 Å². The summed E-state index contributed by atoms with van der Waals surface area (Å²) in [5, 5.41) is 0.434. The monoisotopic (exact) mass is 313 g/mol. The highest BCUT2D eigenvalue weighted by molar-refractivity contribution is 6.29. The predicted octanol–water partition coefficient (Wildman–Crippen LogP) is 3.39. The fraction of sp³-hybridized carbons (Fsp3) is 0.312. The van der Waals surface area contributed by atoms with E-state index < -0.39 is 0 Å². The molecule has 22 heavy (non-hydrogen) atoms. The molecular formula is C16H16ClN5. The van der Waals surface area contributed by atoms with E-state index in [1.165, 1.54) is 0 Å². The van der Waals surface area contributed by atoms with Crippen LogP contribution in [0.5, 0.6) is 0 Å². The zero-order valence-corrected chi connectivity index (χ0v) is 12.8. The van der Waals surface area contributed by atoms with E-state index >= 15 is 0 Å². The second-order valence-electron chi connectivity index (χ2n) is 5.62. The lowest BCUT2D eigenvalue weighted by Crippen LogP contribution is -2.35. The van der Waals surface area contributed by atoms with Crippen molar-refractivity contribution in [1.29, 1.82) is 0 Å². The molecule has 3 heterocycles. The summed E-state index contributed by atoms with van der Waals surface area (Å²) in [6.45, 7) is 1.86. The van der Waals surface area contributed by atoms with Crippen LogP contribution in [-0.2, 0) is 0 Å². The number of para-hydroxylation sites is 2. The van der Waals surface area contributed by atoms with Gasteiger partial charge in [-0.05, 0) is 25.0 Å². The molecule has 5 nitrogen and oxygen atoms in total. The molecule has 0 amide bonds. The van der Waals surface area contributed by atoms with Gasteiger partial charge in [0, 0.05) is 19.0 Å². The molecule has 1 aliphatic rings. The van der Waals surface area contributed by atoms with Crippen molar-refractivity contribution >= 4 is 28.5 Å². The number of aromatic amines is 1. The third kappa shape index (κ3) is 2.52. The van der Waals surface area contributed by atoms with E-state index in [9.17, 15) is 0 Å². The highest BCUT2D eigenvalue weighted by Crippen LogP contribution is 2.29. The van der Waals surface area contributed by atoms with E-state index in [2.05, 4.69) is 25.9 Å².